The molecular weight excluding hydrogens is 380 g/mol. The van der Waals surface area contributed by atoms with Gasteiger partial charge < -0.3 is 14.5 Å². The maximum absolute atomic E-state index is 12.4. The summed E-state index contributed by atoms with van der Waals surface area (Å²) < 4.78 is 5.13. The number of hydrogen-bond acceptors (Lipinski definition) is 6. The third kappa shape index (κ3) is 4.55. The topological polar surface area (TPSA) is 88.0 Å². The van der Waals surface area contributed by atoms with Crippen molar-refractivity contribution in [1.29, 1.82) is 0 Å². The highest BCUT2D eigenvalue weighted by Gasteiger charge is 2.21. The Morgan fingerprint density at radius 2 is 1.82 bits per heavy atom. The summed E-state index contributed by atoms with van der Waals surface area (Å²) in [7, 11) is 1.55. The van der Waals surface area contributed by atoms with Gasteiger partial charge in [0, 0.05) is 49.6 Å². The molecule has 1 fully saturated rings. The number of carbonyl (C=O) groups is 1. The summed E-state index contributed by atoms with van der Waals surface area (Å²) in [6.07, 6.45) is 0. The van der Waals surface area contributed by atoms with Gasteiger partial charge in [-0.05, 0) is 42.5 Å². The Labute approximate surface area is 167 Å². The summed E-state index contributed by atoms with van der Waals surface area (Å²) >= 11 is 5.38. The molecule has 0 spiro atoms. The summed E-state index contributed by atoms with van der Waals surface area (Å²) in [5.74, 6) is 0.331. The molecule has 1 amide bonds. The van der Waals surface area contributed by atoms with E-state index in [1.54, 1.807) is 43.5 Å². The van der Waals surface area contributed by atoms with E-state index in [0.717, 1.165) is 5.69 Å². The lowest BCUT2D eigenvalue weighted by molar-refractivity contribution is -0.384. The lowest BCUT2D eigenvalue weighted by atomic mass is 10.2. The molecule has 0 bridgehead atoms. The standard InChI is InChI=1S/C19H20N4O4S/c1-27-17-4-2-3-14(13-17)18(24)20-19(28)22-11-9-21(10-12-22)15-5-7-16(8-6-15)23(25)26/h2-8,13H,9-12H2,1H3,(H,20,24,28). The van der Waals surface area contributed by atoms with Crippen molar-refractivity contribution in [3.05, 3.63) is 64.2 Å². The normalized spacial score (nSPS) is 13.8. The summed E-state index contributed by atoms with van der Waals surface area (Å²) in [4.78, 5) is 26.8. The third-order valence-corrected chi connectivity index (χ3v) is 4.91. The molecule has 1 aliphatic heterocycles. The molecule has 1 N–H and O–H groups in total. The van der Waals surface area contributed by atoms with Crippen molar-refractivity contribution in [1.82, 2.24) is 10.2 Å². The van der Waals surface area contributed by atoms with Gasteiger partial charge in [-0.3, -0.25) is 20.2 Å². The molecule has 2 aromatic carbocycles. The Bertz CT molecular complexity index is 880. The molecule has 8 nitrogen and oxygen atoms in total. The molecule has 1 heterocycles. The van der Waals surface area contributed by atoms with Crippen molar-refractivity contribution >= 4 is 34.6 Å². The molecule has 0 atom stereocenters. The van der Waals surface area contributed by atoms with Crippen LogP contribution >= 0.6 is 12.2 Å². The summed E-state index contributed by atoms with van der Waals surface area (Å²) in [5.41, 5.74) is 1.48. The van der Waals surface area contributed by atoms with Gasteiger partial charge in [-0.15, -0.1) is 0 Å². The van der Waals surface area contributed by atoms with Crippen molar-refractivity contribution in [2.75, 3.05) is 38.2 Å². The molecule has 0 aromatic heterocycles. The molecule has 3 rings (SSSR count). The predicted octanol–water partition coefficient (Wildman–Crippen LogP) is 2.44. The summed E-state index contributed by atoms with van der Waals surface area (Å²) in [6.45, 7) is 2.70. The molecule has 1 aliphatic rings. The third-order valence-electron chi connectivity index (χ3n) is 4.54. The number of nitrogens with zero attached hydrogens (tertiary/aromatic N) is 3. The van der Waals surface area contributed by atoms with Crippen LogP contribution in [0.5, 0.6) is 5.75 Å². The van der Waals surface area contributed by atoms with Gasteiger partial charge in [-0.2, -0.15) is 0 Å². The highest BCUT2D eigenvalue weighted by molar-refractivity contribution is 7.80. The number of nitro benzene ring substituents is 1. The van der Waals surface area contributed by atoms with Gasteiger partial charge in [-0.25, -0.2) is 0 Å². The number of nitrogens with one attached hydrogen (secondary N) is 1. The zero-order valence-electron chi connectivity index (χ0n) is 15.3. The van der Waals surface area contributed by atoms with E-state index in [1.807, 2.05) is 4.90 Å². The molecule has 0 radical (unpaired) electrons. The van der Waals surface area contributed by atoms with E-state index >= 15 is 0 Å². The average Bonchev–Trinajstić information content (AvgIpc) is 2.74. The average molecular weight is 400 g/mol. The first-order valence-electron chi connectivity index (χ1n) is 8.71. The highest BCUT2D eigenvalue weighted by atomic mass is 32.1. The highest BCUT2D eigenvalue weighted by Crippen LogP contribution is 2.20. The fourth-order valence-electron chi connectivity index (χ4n) is 2.97. The van der Waals surface area contributed by atoms with Crippen LogP contribution in [0.1, 0.15) is 10.4 Å². The molecule has 0 unspecified atom stereocenters. The fourth-order valence-corrected chi connectivity index (χ4v) is 3.24. The largest absolute Gasteiger partial charge is 0.497 e. The van der Waals surface area contributed by atoms with Gasteiger partial charge in [0.05, 0.1) is 12.0 Å². The first kappa shape index (κ1) is 19.6. The number of piperazine rings is 1. The van der Waals surface area contributed by atoms with Gasteiger partial charge >= 0.3 is 0 Å². The number of anilines is 1. The minimum Gasteiger partial charge on any atom is -0.497 e. The molecular formula is C19H20N4O4S. The van der Waals surface area contributed by atoms with Crippen LogP contribution < -0.4 is 15.0 Å². The molecule has 2 aromatic rings. The van der Waals surface area contributed by atoms with Crippen molar-refractivity contribution in [3.8, 4) is 5.75 Å². The quantitative estimate of drug-likeness (QED) is 0.479. The molecule has 28 heavy (non-hydrogen) atoms. The molecule has 9 heteroatoms. The number of benzene rings is 2. The number of methoxy groups -OCH3 is 1. The number of rotatable bonds is 4. The Kier molecular flexibility index (Phi) is 6.05. The minimum atomic E-state index is -0.412. The smallest absolute Gasteiger partial charge is 0.269 e. The fraction of sp³-hybridized carbons (Fsp3) is 0.263. The van der Waals surface area contributed by atoms with Crippen LogP contribution in [0.25, 0.3) is 0 Å². The van der Waals surface area contributed by atoms with E-state index in [2.05, 4.69) is 10.2 Å². The second-order valence-corrected chi connectivity index (χ2v) is 6.63. The lowest BCUT2D eigenvalue weighted by Crippen LogP contribution is -2.52. The number of non-ortho nitro benzene ring substituents is 1. The van der Waals surface area contributed by atoms with Crippen molar-refractivity contribution in [2.24, 2.45) is 0 Å². The first-order chi connectivity index (χ1) is 13.5. The number of nitro groups is 1. The summed E-state index contributed by atoms with van der Waals surface area (Å²) in [5, 5.41) is 13.9. The summed E-state index contributed by atoms with van der Waals surface area (Å²) in [6, 6.07) is 13.4. The second-order valence-electron chi connectivity index (χ2n) is 6.24. The lowest BCUT2D eigenvalue weighted by Gasteiger charge is -2.37. The zero-order valence-corrected chi connectivity index (χ0v) is 16.1. The first-order valence-corrected chi connectivity index (χ1v) is 9.12. The Morgan fingerprint density at radius 1 is 1.14 bits per heavy atom. The molecule has 146 valence electrons. The van der Waals surface area contributed by atoms with Crippen LogP contribution in [0, 0.1) is 10.1 Å². The number of ether oxygens (including phenoxy) is 1. The number of thiocarbonyl (C=S) groups is 1. The van der Waals surface area contributed by atoms with Crippen LogP contribution in [-0.4, -0.2) is 54.1 Å². The van der Waals surface area contributed by atoms with E-state index in [-0.39, 0.29) is 11.6 Å². The van der Waals surface area contributed by atoms with Gasteiger partial charge in [0.1, 0.15) is 5.75 Å². The van der Waals surface area contributed by atoms with Crippen molar-refractivity contribution in [2.45, 2.75) is 0 Å². The van der Waals surface area contributed by atoms with Gasteiger partial charge in [0.25, 0.3) is 11.6 Å². The Balaban J connectivity index is 1.54. The van der Waals surface area contributed by atoms with E-state index in [0.29, 0.717) is 42.6 Å². The second kappa shape index (κ2) is 8.66. The van der Waals surface area contributed by atoms with Gasteiger partial charge in [-0.1, -0.05) is 6.07 Å². The maximum atomic E-state index is 12.4. The van der Waals surface area contributed by atoms with E-state index in [1.165, 1.54) is 12.1 Å². The Hall–Kier alpha value is -3.20. The predicted molar refractivity (Wildman–Crippen MR) is 110 cm³/mol. The van der Waals surface area contributed by atoms with E-state index in [9.17, 15) is 14.9 Å². The van der Waals surface area contributed by atoms with Crippen LogP contribution in [0.4, 0.5) is 11.4 Å². The maximum Gasteiger partial charge on any atom is 0.269 e. The SMILES string of the molecule is COc1cccc(C(=O)NC(=S)N2CCN(c3ccc([N+](=O)[O-])cc3)CC2)c1. The van der Waals surface area contributed by atoms with Gasteiger partial charge in [0.2, 0.25) is 0 Å². The van der Waals surface area contributed by atoms with Gasteiger partial charge in [0.15, 0.2) is 5.11 Å². The molecule has 0 aliphatic carbocycles. The van der Waals surface area contributed by atoms with Crippen LogP contribution in [-0.2, 0) is 0 Å². The number of amides is 1. The number of hydrogen-bond donors (Lipinski definition) is 1. The molecule has 1 saturated heterocycles. The van der Waals surface area contributed by atoms with Crippen LogP contribution in [0.3, 0.4) is 0 Å². The van der Waals surface area contributed by atoms with E-state index in [4.69, 9.17) is 17.0 Å². The van der Waals surface area contributed by atoms with Crippen LogP contribution in [0.15, 0.2) is 48.5 Å². The minimum absolute atomic E-state index is 0.0730. The monoisotopic (exact) mass is 400 g/mol. The zero-order chi connectivity index (χ0) is 20.1. The van der Waals surface area contributed by atoms with Crippen LogP contribution in [0.2, 0.25) is 0 Å². The Morgan fingerprint density at radius 3 is 2.43 bits per heavy atom. The van der Waals surface area contributed by atoms with Crippen molar-refractivity contribution < 1.29 is 14.5 Å². The van der Waals surface area contributed by atoms with E-state index < -0.39 is 4.92 Å². The van der Waals surface area contributed by atoms with Crippen molar-refractivity contribution in [3.63, 3.8) is 0 Å². The molecule has 0 saturated carbocycles. The number of carbonyl (C=O) groups excluding carboxylic acids is 1.